The fourth-order valence-electron chi connectivity index (χ4n) is 2.46. The molecule has 6 nitrogen and oxygen atoms in total. The maximum absolute atomic E-state index is 12.0. The number of amides is 1. The van der Waals surface area contributed by atoms with Crippen molar-refractivity contribution in [1.82, 2.24) is 20.1 Å². The lowest BCUT2D eigenvalue weighted by Crippen LogP contribution is -2.31. The zero-order valence-corrected chi connectivity index (χ0v) is 13.0. The van der Waals surface area contributed by atoms with E-state index >= 15 is 0 Å². The number of aromatic amines is 1. The van der Waals surface area contributed by atoms with E-state index in [4.69, 9.17) is 0 Å². The van der Waals surface area contributed by atoms with Crippen LogP contribution in [0.1, 0.15) is 35.9 Å². The minimum absolute atomic E-state index is 0.0578. The van der Waals surface area contributed by atoms with E-state index in [2.05, 4.69) is 34.5 Å². The average molecular weight is 302 g/mol. The molecule has 1 heterocycles. The van der Waals surface area contributed by atoms with Gasteiger partial charge in [-0.2, -0.15) is 0 Å². The molecule has 2 rings (SSSR count). The summed E-state index contributed by atoms with van der Waals surface area (Å²) in [4.78, 5) is 25.7. The molecule has 0 aliphatic rings. The van der Waals surface area contributed by atoms with Crippen LogP contribution < -0.4 is 11.0 Å². The van der Waals surface area contributed by atoms with E-state index in [-0.39, 0.29) is 17.4 Å². The Bertz CT molecular complexity index is 660. The highest BCUT2D eigenvalue weighted by atomic mass is 16.2. The minimum atomic E-state index is -0.389. The summed E-state index contributed by atoms with van der Waals surface area (Å²) in [6.45, 7) is 2.70. The molecule has 1 aromatic heterocycles. The Morgan fingerprint density at radius 1 is 1.36 bits per heavy atom. The number of nitrogens with zero attached hydrogens (tertiary/aromatic N) is 2. The lowest BCUT2D eigenvalue weighted by molar-refractivity contribution is 0.0935. The number of rotatable bonds is 7. The van der Waals surface area contributed by atoms with Crippen molar-refractivity contribution >= 4 is 5.91 Å². The Kier molecular flexibility index (Phi) is 5.52. The predicted octanol–water partition coefficient (Wildman–Crippen LogP) is 1.50. The van der Waals surface area contributed by atoms with E-state index in [0.717, 1.165) is 23.9 Å². The molecule has 2 N–H and O–H groups in total. The largest absolute Gasteiger partial charge is 0.349 e. The summed E-state index contributed by atoms with van der Waals surface area (Å²) in [6.07, 6.45) is 3.02. The van der Waals surface area contributed by atoms with Crippen LogP contribution in [0.15, 0.2) is 35.1 Å². The molecule has 6 heteroatoms. The molecule has 0 radical (unpaired) electrons. The highest BCUT2D eigenvalue weighted by molar-refractivity contribution is 5.90. The van der Waals surface area contributed by atoms with Gasteiger partial charge in [0.1, 0.15) is 0 Å². The van der Waals surface area contributed by atoms with Gasteiger partial charge in [-0.05, 0) is 24.3 Å². The number of carbonyl (C=O) groups excluding carboxylic acids is 1. The first-order valence-electron chi connectivity index (χ1n) is 7.55. The number of H-pyrrole nitrogens is 1. The maximum atomic E-state index is 12.0. The van der Waals surface area contributed by atoms with Crippen LogP contribution in [0, 0.1) is 5.92 Å². The van der Waals surface area contributed by atoms with Crippen molar-refractivity contribution in [3.8, 4) is 0 Å². The number of nitrogens with one attached hydrogen (secondary N) is 2. The van der Waals surface area contributed by atoms with Gasteiger partial charge in [0.25, 0.3) is 5.91 Å². The molecule has 1 atom stereocenters. The molecule has 0 fully saturated rings. The van der Waals surface area contributed by atoms with Gasteiger partial charge in [0, 0.05) is 13.6 Å². The van der Waals surface area contributed by atoms with E-state index < -0.39 is 0 Å². The van der Waals surface area contributed by atoms with Crippen LogP contribution in [0.25, 0.3) is 0 Å². The normalized spacial score (nSPS) is 12.1. The first-order chi connectivity index (χ1) is 10.6. The lowest BCUT2D eigenvalue weighted by atomic mass is 9.95. The Balaban J connectivity index is 1.93. The fraction of sp³-hybridized carbons (Fsp3) is 0.438. The average Bonchev–Trinajstić information content (AvgIpc) is 2.85. The second-order valence-corrected chi connectivity index (χ2v) is 5.46. The van der Waals surface area contributed by atoms with Crippen molar-refractivity contribution in [3.63, 3.8) is 0 Å². The van der Waals surface area contributed by atoms with E-state index in [1.165, 1.54) is 12.6 Å². The Hall–Kier alpha value is -2.37. The third-order valence-electron chi connectivity index (χ3n) is 3.60. The van der Waals surface area contributed by atoms with Gasteiger partial charge in [-0.15, -0.1) is 5.10 Å². The number of carbonyl (C=O) groups is 1. The summed E-state index contributed by atoms with van der Waals surface area (Å²) in [7, 11) is 1.50. The SMILES string of the molecule is CCCC(CNC(=O)c1nn(C)c(=O)[nH]1)Cc1ccccc1. The molecule has 0 spiro atoms. The van der Waals surface area contributed by atoms with E-state index in [1.807, 2.05) is 18.2 Å². The molecular formula is C16H22N4O2. The molecule has 118 valence electrons. The van der Waals surface area contributed by atoms with Crippen LogP contribution in [-0.4, -0.2) is 27.2 Å². The van der Waals surface area contributed by atoms with Crippen molar-refractivity contribution in [2.75, 3.05) is 6.54 Å². The molecule has 1 amide bonds. The topological polar surface area (TPSA) is 79.8 Å². The second kappa shape index (κ2) is 7.59. The predicted molar refractivity (Wildman–Crippen MR) is 84.7 cm³/mol. The number of hydrogen-bond donors (Lipinski definition) is 2. The molecule has 1 unspecified atom stereocenters. The van der Waals surface area contributed by atoms with Gasteiger partial charge in [0.05, 0.1) is 0 Å². The second-order valence-electron chi connectivity index (χ2n) is 5.46. The maximum Gasteiger partial charge on any atom is 0.343 e. The van der Waals surface area contributed by atoms with Gasteiger partial charge in [0.2, 0.25) is 5.82 Å². The Morgan fingerprint density at radius 3 is 2.68 bits per heavy atom. The summed E-state index contributed by atoms with van der Waals surface area (Å²) in [6, 6.07) is 10.2. The highest BCUT2D eigenvalue weighted by Gasteiger charge is 2.15. The van der Waals surface area contributed by atoms with E-state index in [1.54, 1.807) is 0 Å². The monoisotopic (exact) mass is 302 g/mol. The molecule has 0 bridgehead atoms. The minimum Gasteiger partial charge on any atom is -0.349 e. The van der Waals surface area contributed by atoms with Crippen LogP contribution in [0.3, 0.4) is 0 Å². The van der Waals surface area contributed by atoms with Gasteiger partial charge >= 0.3 is 5.69 Å². The number of aromatic nitrogens is 3. The molecular weight excluding hydrogens is 280 g/mol. The summed E-state index contributed by atoms with van der Waals surface area (Å²) in [5, 5.41) is 6.71. The standard InChI is InChI=1S/C16H22N4O2/c1-3-7-13(10-12-8-5-4-6-9-12)11-17-15(21)14-18-16(22)20(2)19-14/h4-6,8-9,13H,3,7,10-11H2,1-2H3,(H,17,21)(H,18,19,22). The molecule has 1 aromatic carbocycles. The first-order valence-corrected chi connectivity index (χ1v) is 7.55. The van der Waals surface area contributed by atoms with Crippen molar-refractivity contribution in [3.05, 3.63) is 52.2 Å². The van der Waals surface area contributed by atoms with E-state index in [9.17, 15) is 9.59 Å². The van der Waals surface area contributed by atoms with Crippen molar-refractivity contribution in [2.24, 2.45) is 13.0 Å². The molecule has 0 saturated heterocycles. The van der Waals surface area contributed by atoms with Crippen LogP contribution >= 0.6 is 0 Å². The first kappa shape index (κ1) is 16.0. The highest BCUT2D eigenvalue weighted by Crippen LogP contribution is 2.13. The molecule has 22 heavy (non-hydrogen) atoms. The zero-order chi connectivity index (χ0) is 15.9. The summed E-state index contributed by atoms with van der Waals surface area (Å²) < 4.78 is 1.11. The van der Waals surface area contributed by atoms with Crippen molar-refractivity contribution in [1.29, 1.82) is 0 Å². The number of benzene rings is 1. The number of aryl methyl sites for hydroxylation is 1. The van der Waals surface area contributed by atoms with Gasteiger partial charge in [-0.1, -0.05) is 43.7 Å². The van der Waals surface area contributed by atoms with Gasteiger partial charge < -0.3 is 5.32 Å². The molecule has 2 aromatic rings. The van der Waals surface area contributed by atoms with Crippen molar-refractivity contribution < 1.29 is 4.79 Å². The fourth-order valence-corrected chi connectivity index (χ4v) is 2.46. The number of hydrogen-bond acceptors (Lipinski definition) is 3. The van der Waals surface area contributed by atoms with Crippen LogP contribution in [-0.2, 0) is 13.5 Å². The quantitative estimate of drug-likeness (QED) is 0.813. The summed E-state index contributed by atoms with van der Waals surface area (Å²) in [5.74, 6) is 0.0844. The van der Waals surface area contributed by atoms with Crippen molar-refractivity contribution in [2.45, 2.75) is 26.2 Å². The van der Waals surface area contributed by atoms with E-state index in [0.29, 0.717) is 12.5 Å². The molecule has 0 aliphatic heterocycles. The van der Waals surface area contributed by atoms with Crippen LogP contribution in [0.5, 0.6) is 0 Å². The Morgan fingerprint density at radius 2 is 2.09 bits per heavy atom. The third-order valence-corrected chi connectivity index (χ3v) is 3.60. The summed E-state index contributed by atoms with van der Waals surface area (Å²) >= 11 is 0. The third kappa shape index (κ3) is 4.31. The van der Waals surface area contributed by atoms with Crippen LogP contribution in [0.4, 0.5) is 0 Å². The smallest absolute Gasteiger partial charge is 0.343 e. The van der Waals surface area contributed by atoms with Crippen LogP contribution in [0.2, 0.25) is 0 Å². The Labute approximate surface area is 129 Å². The van der Waals surface area contributed by atoms with Gasteiger partial charge in [-0.25, -0.2) is 9.48 Å². The summed E-state index contributed by atoms with van der Waals surface area (Å²) in [5.41, 5.74) is 0.876. The molecule has 0 saturated carbocycles. The zero-order valence-electron chi connectivity index (χ0n) is 13.0. The lowest BCUT2D eigenvalue weighted by Gasteiger charge is -2.16. The molecule has 0 aliphatic carbocycles. The van der Waals surface area contributed by atoms with Gasteiger partial charge in [-0.3, -0.25) is 9.78 Å². The van der Waals surface area contributed by atoms with Gasteiger partial charge in [0.15, 0.2) is 0 Å².